The van der Waals surface area contributed by atoms with E-state index in [1.165, 1.54) is 12.1 Å². The molecule has 0 aromatic heterocycles. The van der Waals surface area contributed by atoms with Crippen LogP contribution < -0.4 is 4.74 Å². The highest BCUT2D eigenvalue weighted by atomic mass is 16.5. The minimum atomic E-state index is -1.16. The number of hydrogen-bond acceptors (Lipinski definition) is 4. The van der Waals surface area contributed by atoms with Gasteiger partial charge in [0.05, 0.1) is 11.6 Å². The fraction of sp³-hybridized carbons (Fsp3) is 0.0556. The molecule has 0 unspecified atom stereocenters. The van der Waals surface area contributed by atoms with Crippen molar-refractivity contribution in [3.63, 3.8) is 0 Å². The third-order valence-electron chi connectivity index (χ3n) is 3.07. The number of rotatable bonds is 4. The van der Waals surface area contributed by atoms with E-state index < -0.39 is 11.9 Å². The standard InChI is InChI=1S/C18H13NO4/c1-12(10-13-6-8-14(11-19)9-7-13)18(22)23-16-5-3-2-4-15(16)17(20)21/h2-10H,1H3,(H,20,21). The molecule has 0 aliphatic rings. The molecule has 0 aliphatic carbocycles. The fourth-order valence-corrected chi connectivity index (χ4v) is 1.88. The molecule has 0 saturated heterocycles. The Morgan fingerprint density at radius 3 is 2.39 bits per heavy atom. The van der Waals surface area contributed by atoms with E-state index in [-0.39, 0.29) is 11.3 Å². The Kier molecular flexibility index (Phi) is 4.90. The van der Waals surface area contributed by atoms with Crippen LogP contribution in [0.15, 0.2) is 54.1 Å². The molecule has 0 saturated carbocycles. The van der Waals surface area contributed by atoms with Gasteiger partial charge in [-0.2, -0.15) is 5.26 Å². The summed E-state index contributed by atoms with van der Waals surface area (Å²) in [4.78, 5) is 23.2. The number of aromatic carboxylic acids is 1. The van der Waals surface area contributed by atoms with Crippen LogP contribution in [0.3, 0.4) is 0 Å². The lowest BCUT2D eigenvalue weighted by Crippen LogP contribution is -2.12. The molecule has 23 heavy (non-hydrogen) atoms. The maximum absolute atomic E-state index is 12.1. The summed E-state index contributed by atoms with van der Waals surface area (Å²) in [6, 6.07) is 14.7. The molecular weight excluding hydrogens is 294 g/mol. The topological polar surface area (TPSA) is 87.4 Å². The highest BCUT2D eigenvalue weighted by molar-refractivity contribution is 5.97. The smallest absolute Gasteiger partial charge is 0.339 e. The minimum absolute atomic E-state index is 0.00224. The maximum atomic E-state index is 12.1. The summed E-state index contributed by atoms with van der Waals surface area (Å²) in [5.74, 6) is -1.80. The van der Waals surface area contributed by atoms with E-state index in [4.69, 9.17) is 15.1 Å². The van der Waals surface area contributed by atoms with Crippen molar-refractivity contribution in [2.24, 2.45) is 0 Å². The molecule has 0 aliphatic heterocycles. The Hall–Kier alpha value is -3.39. The van der Waals surface area contributed by atoms with Gasteiger partial charge in [0.15, 0.2) is 0 Å². The first kappa shape index (κ1) is 16.0. The zero-order valence-electron chi connectivity index (χ0n) is 12.3. The largest absolute Gasteiger partial charge is 0.478 e. The van der Waals surface area contributed by atoms with Crippen LogP contribution in [0, 0.1) is 11.3 Å². The summed E-state index contributed by atoms with van der Waals surface area (Å²) >= 11 is 0. The Labute approximate surface area is 133 Å². The van der Waals surface area contributed by atoms with E-state index in [1.54, 1.807) is 49.4 Å². The van der Waals surface area contributed by atoms with Gasteiger partial charge in [0.2, 0.25) is 0 Å². The van der Waals surface area contributed by atoms with Crippen LogP contribution in [0.25, 0.3) is 6.08 Å². The number of carbonyl (C=O) groups is 2. The monoisotopic (exact) mass is 307 g/mol. The molecule has 5 heteroatoms. The number of esters is 1. The van der Waals surface area contributed by atoms with Crippen molar-refractivity contribution in [3.8, 4) is 11.8 Å². The lowest BCUT2D eigenvalue weighted by atomic mass is 10.1. The second-order valence-electron chi connectivity index (χ2n) is 4.75. The zero-order chi connectivity index (χ0) is 16.8. The van der Waals surface area contributed by atoms with Crippen LogP contribution in [-0.2, 0) is 4.79 Å². The number of carboxylic acids is 1. The van der Waals surface area contributed by atoms with Crippen LogP contribution in [0.2, 0.25) is 0 Å². The van der Waals surface area contributed by atoms with Gasteiger partial charge in [-0.05, 0) is 42.8 Å². The predicted octanol–water partition coefficient (Wildman–Crippen LogP) is 3.27. The van der Waals surface area contributed by atoms with Crippen LogP contribution in [0.1, 0.15) is 28.4 Å². The van der Waals surface area contributed by atoms with Gasteiger partial charge in [0.25, 0.3) is 0 Å². The molecule has 0 spiro atoms. The molecule has 2 aromatic rings. The summed E-state index contributed by atoms with van der Waals surface area (Å²) in [5.41, 5.74) is 1.50. The molecule has 1 N–H and O–H groups in total. The van der Waals surface area contributed by atoms with Gasteiger partial charge in [-0.15, -0.1) is 0 Å². The highest BCUT2D eigenvalue weighted by Gasteiger charge is 2.14. The molecule has 114 valence electrons. The van der Waals surface area contributed by atoms with Crippen molar-refractivity contribution in [1.82, 2.24) is 0 Å². The van der Waals surface area contributed by atoms with E-state index in [9.17, 15) is 9.59 Å². The predicted molar refractivity (Wildman–Crippen MR) is 83.8 cm³/mol. The van der Waals surface area contributed by atoms with Gasteiger partial charge in [-0.1, -0.05) is 24.3 Å². The summed E-state index contributed by atoms with van der Waals surface area (Å²) in [6.45, 7) is 1.57. The minimum Gasteiger partial charge on any atom is -0.478 e. The van der Waals surface area contributed by atoms with Crippen LogP contribution in [0.5, 0.6) is 5.75 Å². The number of nitriles is 1. The summed E-state index contributed by atoms with van der Waals surface area (Å²) < 4.78 is 5.15. The average Bonchev–Trinajstić information content (AvgIpc) is 2.55. The first-order valence-corrected chi connectivity index (χ1v) is 6.74. The second-order valence-corrected chi connectivity index (χ2v) is 4.75. The number of carboxylic acid groups (broad SMARTS) is 1. The Bertz CT molecular complexity index is 814. The average molecular weight is 307 g/mol. The normalized spacial score (nSPS) is 10.7. The molecular formula is C18H13NO4. The van der Waals surface area contributed by atoms with E-state index in [0.717, 1.165) is 5.56 Å². The van der Waals surface area contributed by atoms with Gasteiger partial charge < -0.3 is 9.84 Å². The van der Waals surface area contributed by atoms with Crippen molar-refractivity contribution in [3.05, 3.63) is 70.8 Å². The lowest BCUT2D eigenvalue weighted by Gasteiger charge is -2.07. The third kappa shape index (κ3) is 4.05. The number of hydrogen-bond donors (Lipinski definition) is 1. The third-order valence-corrected chi connectivity index (χ3v) is 3.07. The molecule has 0 amide bonds. The highest BCUT2D eigenvalue weighted by Crippen LogP contribution is 2.19. The molecule has 0 bridgehead atoms. The van der Waals surface area contributed by atoms with Crippen molar-refractivity contribution in [1.29, 1.82) is 5.26 Å². The number of ether oxygens (including phenoxy) is 1. The summed E-state index contributed by atoms with van der Waals surface area (Å²) in [6.07, 6.45) is 1.60. The SMILES string of the molecule is CC(=Cc1ccc(C#N)cc1)C(=O)Oc1ccccc1C(=O)O. The number of para-hydroxylation sites is 1. The van der Waals surface area contributed by atoms with Crippen LogP contribution in [-0.4, -0.2) is 17.0 Å². The summed E-state index contributed by atoms with van der Waals surface area (Å²) in [7, 11) is 0. The quantitative estimate of drug-likeness (QED) is 0.532. The fourth-order valence-electron chi connectivity index (χ4n) is 1.88. The van der Waals surface area contributed by atoms with Crippen molar-refractivity contribution in [2.45, 2.75) is 6.92 Å². The molecule has 0 radical (unpaired) electrons. The lowest BCUT2D eigenvalue weighted by molar-refractivity contribution is -0.130. The van der Waals surface area contributed by atoms with Gasteiger partial charge >= 0.3 is 11.9 Å². The van der Waals surface area contributed by atoms with Crippen molar-refractivity contribution in [2.75, 3.05) is 0 Å². The number of benzene rings is 2. The van der Waals surface area contributed by atoms with Gasteiger partial charge in [0, 0.05) is 5.57 Å². The number of carbonyl (C=O) groups excluding carboxylic acids is 1. The van der Waals surface area contributed by atoms with Crippen LogP contribution >= 0.6 is 0 Å². The van der Waals surface area contributed by atoms with E-state index in [2.05, 4.69) is 0 Å². The second kappa shape index (κ2) is 7.05. The first-order valence-electron chi connectivity index (χ1n) is 6.74. The Morgan fingerprint density at radius 1 is 1.13 bits per heavy atom. The van der Waals surface area contributed by atoms with Gasteiger partial charge in [-0.25, -0.2) is 9.59 Å². The summed E-state index contributed by atoms with van der Waals surface area (Å²) in [5, 5.41) is 17.8. The van der Waals surface area contributed by atoms with Crippen molar-refractivity contribution >= 4 is 18.0 Å². The first-order chi connectivity index (χ1) is 11.0. The van der Waals surface area contributed by atoms with Crippen molar-refractivity contribution < 1.29 is 19.4 Å². The molecule has 2 aromatic carbocycles. The zero-order valence-corrected chi connectivity index (χ0v) is 12.3. The molecule has 2 rings (SSSR count). The Balaban J connectivity index is 2.18. The van der Waals surface area contributed by atoms with E-state index in [0.29, 0.717) is 11.1 Å². The Morgan fingerprint density at radius 2 is 1.78 bits per heavy atom. The number of nitrogens with zero attached hydrogens (tertiary/aromatic N) is 1. The maximum Gasteiger partial charge on any atom is 0.339 e. The van der Waals surface area contributed by atoms with E-state index in [1.807, 2.05) is 6.07 Å². The molecule has 0 fully saturated rings. The van der Waals surface area contributed by atoms with Gasteiger partial charge in [-0.3, -0.25) is 0 Å². The van der Waals surface area contributed by atoms with Crippen LogP contribution in [0.4, 0.5) is 0 Å². The molecule has 5 nitrogen and oxygen atoms in total. The molecule has 0 atom stereocenters. The molecule has 0 heterocycles. The van der Waals surface area contributed by atoms with E-state index >= 15 is 0 Å². The van der Waals surface area contributed by atoms with Gasteiger partial charge in [0.1, 0.15) is 11.3 Å².